The number of rotatable bonds is 6. The van der Waals surface area contributed by atoms with Gasteiger partial charge in [-0.2, -0.15) is 0 Å². The molecule has 0 N–H and O–H groups in total. The van der Waals surface area contributed by atoms with E-state index in [1.807, 2.05) is 19.1 Å². The number of aliphatic imine (C=N–C) groups is 1. The Bertz CT molecular complexity index is 452. The number of ether oxygens (including phenoxy) is 1. The standard InChI is InChI=1S/C15H22N2OS/c1-5-8-15(3,4)18-11-12(2)17-14(19)13-7-6-9-16-10-13/h6-7,9-11H,5,8H2,1-4H3,(H,17,19)/b12-11+. The van der Waals surface area contributed by atoms with Gasteiger partial charge in [0.1, 0.15) is 16.9 Å². The maximum absolute atomic E-state index is 5.75. The molecule has 0 saturated heterocycles. The van der Waals surface area contributed by atoms with Crippen molar-refractivity contribution in [3.63, 3.8) is 0 Å². The summed E-state index contributed by atoms with van der Waals surface area (Å²) < 4.78 is 5.75. The summed E-state index contributed by atoms with van der Waals surface area (Å²) in [6.07, 6.45) is 7.26. The number of pyridine rings is 1. The van der Waals surface area contributed by atoms with Crippen LogP contribution in [0.3, 0.4) is 0 Å². The summed E-state index contributed by atoms with van der Waals surface area (Å²) in [5, 5.41) is 0.638. The van der Waals surface area contributed by atoms with Gasteiger partial charge in [0, 0.05) is 18.0 Å². The van der Waals surface area contributed by atoms with E-state index in [9.17, 15) is 0 Å². The molecule has 0 amide bonds. The van der Waals surface area contributed by atoms with E-state index >= 15 is 0 Å². The van der Waals surface area contributed by atoms with E-state index in [1.54, 1.807) is 18.7 Å². The van der Waals surface area contributed by atoms with E-state index in [-0.39, 0.29) is 5.60 Å². The Morgan fingerprint density at radius 3 is 2.84 bits per heavy atom. The molecular weight excluding hydrogens is 256 g/mol. The van der Waals surface area contributed by atoms with Gasteiger partial charge < -0.3 is 4.74 Å². The molecule has 0 radical (unpaired) electrons. The van der Waals surface area contributed by atoms with Crippen molar-refractivity contribution < 1.29 is 4.74 Å². The van der Waals surface area contributed by atoms with Crippen LogP contribution in [0.25, 0.3) is 0 Å². The summed E-state index contributed by atoms with van der Waals surface area (Å²) in [6.45, 7) is 8.20. The van der Waals surface area contributed by atoms with Gasteiger partial charge in [0.05, 0.1) is 5.70 Å². The fraction of sp³-hybridized carbons (Fsp3) is 0.467. The van der Waals surface area contributed by atoms with Crippen LogP contribution in [0.1, 0.15) is 46.1 Å². The molecule has 1 heterocycles. The second-order valence-electron chi connectivity index (χ2n) is 5.06. The molecule has 0 aliphatic carbocycles. The first-order valence-electron chi connectivity index (χ1n) is 6.47. The SMILES string of the molecule is CCCC(C)(C)O/C=C(C)/N=C(\S)c1cccnc1. The average Bonchev–Trinajstić information content (AvgIpc) is 2.37. The molecule has 0 aromatic carbocycles. The molecule has 0 aliphatic rings. The van der Waals surface area contributed by atoms with Crippen LogP contribution < -0.4 is 0 Å². The molecule has 104 valence electrons. The van der Waals surface area contributed by atoms with Crippen LogP contribution in [0.15, 0.2) is 41.5 Å². The van der Waals surface area contributed by atoms with Crippen molar-refractivity contribution in [2.24, 2.45) is 4.99 Å². The lowest BCUT2D eigenvalue weighted by atomic mass is 10.0. The minimum Gasteiger partial charge on any atom is -0.494 e. The Morgan fingerprint density at radius 2 is 2.26 bits per heavy atom. The molecule has 0 aliphatic heterocycles. The minimum absolute atomic E-state index is 0.156. The van der Waals surface area contributed by atoms with Crippen molar-refractivity contribution in [3.05, 3.63) is 42.0 Å². The zero-order valence-electron chi connectivity index (χ0n) is 12.1. The van der Waals surface area contributed by atoms with Crippen molar-refractivity contribution in [1.82, 2.24) is 4.98 Å². The van der Waals surface area contributed by atoms with E-state index in [0.29, 0.717) is 5.04 Å². The van der Waals surface area contributed by atoms with Crippen molar-refractivity contribution in [1.29, 1.82) is 0 Å². The normalized spacial score (nSPS) is 13.5. The van der Waals surface area contributed by atoms with Gasteiger partial charge in [-0.1, -0.05) is 13.3 Å². The van der Waals surface area contributed by atoms with Crippen molar-refractivity contribution in [2.75, 3.05) is 0 Å². The quantitative estimate of drug-likeness (QED) is 0.366. The van der Waals surface area contributed by atoms with Crippen LogP contribution in [0.4, 0.5) is 0 Å². The molecular formula is C15H22N2OS. The van der Waals surface area contributed by atoms with Gasteiger partial charge in [0.2, 0.25) is 0 Å². The number of hydrogen-bond acceptors (Lipinski definition) is 3. The molecule has 0 bridgehead atoms. The van der Waals surface area contributed by atoms with Gasteiger partial charge in [-0.15, -0.1) is 12.6 Å². The maximum Gasteiger partial charge on any atom is 0.105 e. The Hall–Kier alpha value is -1.29. The summed E-state index contributed by atoms with van der Waals surface area (Å²) in [4.78, 5) is 8.43. The van der Waals surface area contributed by atoms with Gasteiger partial charge in [-0.25, -0.2) is 4.99 Å². The van der Waals surface area contributed by atoms with Crippen LogP contribution >= 0.6 is 12.6 Å². The molecule has 0 atom stereocenters. The first-order valence-corrected chi connectivity index (χ1v) is 6.92. The molecule has 1 rings (SSSR count). The summed E-state index contributed by atoms with van der Waals surface area (Å²) in [5.41, 5.74) is 1.53. The smallest absolute Gasteiger partial charge is 0.105 e. The van der Waals surface area contributed by atoms with Crippen molar-refractivity contribution >= 4 is 17.7 Å². The minimum atomic E-state index is -0.156. The lowest BCUT2D eigenvalue weighted by Crippen LogP contribution is -2.21. The number of allylic oxidation sites excluding steroid dienone is 1. The van der Waals surface area contributed by atoms with Gasteiger partial charge in [-0.05, 0) is 39.3 Å². The predicted molar refractivity (Wildman–Crippen MR) is 83.6 cm³/mol. The number of nitrogens with zero attached hydrogens (tertiary/aromatic N) is 2. The van der Waals surface area contributed by atoms with Crippen molar-refractivity contribution in [3.8, 4) is 0 Å². The van der Waals surface area contributed by atoms with E-state index in [0.717, 1.165) is 24.1 Å². The zero-order valence-corrected chi connectivity index (χ0v) is 12.9. The van der Waals surface area contributed by atoms with Crippen LogP contribution in [0, 0.1) is 0 Å². The summed E-state index contributed by atoms with van der Waals surface area (Å²) in [6, 6.07) is 3.79. The highest BCUT2D eigenvalue weighted by Crippen LogP contribution is 2.18. The molecule has 19 heavy (non-hydrogen) atoms. The van der Waals surface area contributed by atoms with Gasteiger partial charge in [0.15, 0.2) is 0 Å². The third-order valence-corrected chi connectivity index (χ3v) is 2.96. The third kappa shape index (κ3) is 5.92. The number of hydrogen-bond donors (Lipinski definition) is 1. The lowest BCUT2D eigenvalue weighted by molar-refractivity contribution is 0.0473. The summed E-state index contributed by atoms with van der Waals surface area (Å²) >= 11 is 4.38. The maximum atomic E-state index is 5.75. The number of thiol groups is 1. The molecule has 0 unspecified atom stereocenters. The molecule has 4 heteroatoms. The predicted octanol–water partition coefficient (Wildman–Crippen LogP) is 4.21. The second kappa shape index (κ2) is 7.34. The Labute approximate surface area is 121 Å². The Balaban J connectivity index is 2.70. The topological polar surface area (TPSA) is 34.5 Å². The zero-order chi connectivity index (χ0) is 14.3. The fourth-order valence-corrected chi connectivity index (χ4v) is 1.95. The van der Waals surface area contributed by atoms with Crippen LogP contribution in [-0.4, -0.2) is 15.6 Å². The lowest BCUT2D eigenvalue weighted by Gasteiger charge is -2.23. The number of aromatic nitrogens is 1. The van der Waals surface area contributed by atoms with Crippen LogP contribution in [-0.2, 0) is 4.74 Å². The van der Waals surface area contributed by atoms with Crippen LogP contribution in [0.5, 0.6) is 0 Å². The third-order valence-electron chi connectivity index (χ3n) is 2.60. The first-order chi connectivity index (χ1) is 8.94. The average molecular weight is 278 g/mol. The largest absolute Gasteiger partial charge is 0.494 e. The highest BCUT2D eigenvalue weighted by Gasteiger charge is 2.16. The van der Waals surface area contributed by atoms with E-state index in [4.69, 9.17) is 4.74 Å². The first kappa shape index (κ1) is 15.8. The molecule has 0 fully saturated rings. The molecule has 1 aromatic rings. The second-order valence-corrected chi connectivity index (χ2v) is 5.49. The molecule has 3 nitrogen and oxygen atoms in total. The van der Waals surface area contributed by atoms with Crippen molar-refractivity contribution in [2.45, 2.75) is 46.1 Å². The molecule has 0 spiro atoms. The van der Waals surface area contributed by atoms with E-state index in [2.05, 4.69) is 43.4 Å². The van der Waals surface area contributed by atoms with Gasteiger partial charge in [-0.3, -0.25) is 4.98 Å². The fourth-order valence-electron chi connectivity index (χ4n) is 1.66. The highest BCUT2D eigenvalue weighted by molar-refractivity contribution is 7.97. The monoisotopic (exact) mass is 278 g/mol. The highest BCUT2D eigenvalue weighted by atomic mass is 32.1. The summed E-state index contributed by atoms with van der Waals surface area (Å²) in [7, 11) is 0. The van der Waals surface area contributed by atoms with E-state index in [1.165, 1.54) is 0 Å². The Kier molecular flexibility index (Phi) is 6.09. The van der Waals surface area contributed by atoms with E-state index < -0.39 is 0 Å². The molecule has 0 saturated carbocycles. The van der Waals surface area contributed by atoms with Crippen LogP contribution in [0.2, 0.25) is 0 Å². The Morgan fingerprint density at radius 1 is 1.53 bits per heavy atom. The van der Waals surface area contributed by atoms with Gasteiger partial charge in [0.25, 0.3) is 0 Å². The summed E-state index contributed by atoms with van der Waals surface area (Å²) in [5.74, 6) is 0. The van der Waals surface area contributed by atoms with Gasteiger partial charge >= 0.3 is 0 Å². The molecule has 1 aromatic heterocycles.